The summed E-state index contributed by atoms with van der Waals surface area (Å²) in [5.74, 6) is 0. The van der Waals surface area contributed by atoms with E-state index in [-0.39, 0.29) is 0 Å². The topological polar surface area (TPSA) is 0 Å². The van der Waals surface area contributed by atoms with Crippen LogP contribution < -0.4 is 0 Å². The molecule has 0 bridgehead atoms. The summed E-state index contributed by atoms with van der Waals surface area (Å²) in [6.45, 7) is 0. The van der Waals surface area contributed by atoms with Crippen molar-refractivity contribution in [2.45, 2.75) is 0 Å². The van der Waals surface area contributed by atoms with Crippen molar-refractivity contribution in [3.05, 3.63) is 194 Å². The van der Waals surface area contributed by atoms with Crippen LogP contribution in [0.4, 0.5) is 0 Å². The fourth-order valence-electron chi connectivity index (χ4n) is 7.38. The molecule has 0 nitrogen and oxygen atoms in total. The average molecular weight is 609 g/mol. The van der Waals surface area contributed by atoms with E-state index in [1.807, 2.05) is 0 Å². The summed E-state index contributed by atoms with van der Waals surface area (Å²) in [6.07, 6.45) is 0. The van der Waals surface area contributed by atoms with Gasteiger partial charge in [0.2, 0.25) is 0 Å². The first-order valence-corrected chi connectivity index (χ1v) is 16.6. The van der Waals surface area contributed by atoms with Crippen LogP contribution in [0.15, 0.2) is 194 Å². The predicted molar refractivity (Wildman–Crippen MR) is 206 cm³/mol. The molecule has 224 valence electrons. The molecule has 0 atom stereocenters. The fraction of sp³-hybridized carbons (Fsp3) is 0. The van der Waals surface area contributed by atoms with Gasteiger partial charge >= 0.3 is 0 Å². The summed E-state index contributed by atoms with van der Waals surface area (Å²) in [5.41, 5.74) is 12.3. The molecule has 9 aromatic rings. The summed E-state index contributed by atoms with van der Waals surface area (Å²) in [5, 5.41) is 7.54. The first-order valence-electron chi connectivity index (χ1n) is 16.6. The summed E-state index contributed by atoms with van der Waals surface area (Å²) in [6, 6.07) is 70.8. The van der Waals surface area contributed by atoms with Gasteiger partial charge in [-0.15, -0.1) is 0 Å². The lowest BCUT2D eigenvalue weighted by molar-refractivity contribution is 1.57. The molecule has 0 saturated carbocycles. The molecule has 0 unspecified atom stereocenters. The third-order valence-electron chi connectivity index (χ3n) is 9.65. The molecule has 9 rings (SSSR count). The van der Waals surface area contributed by atoms with Crippen molar-refractivity contribution < 1.29 is 0 Å². The normalized spacial score (nSPS) is 11.3. The fourth-order valence-corrected chi connectivity index (χ4v) is 7.38. The monoisotopic (exact) mass is 608 g/mol. The molecular weight excluding hydrogens is 577 g/mol. The molecule has 0 aromatic heterocycles. The highest BCUT2D eigenvalue weighted by molar-refractivity contribution is 6.22. The van der Waals surface area contributed by atoms with Crippen molar-refractivity contribution in [3.8, 4) is 55.6 Å². The van der Waals surface area contributed by atoms with Crippen LogP contribution in [-0.2, 0) is 0 Å². The van der Waals surface area contributed by atoms with Crippen LogP contribution in [0.25, 0.3) is 88.0 Å². The summed E-state index contributed by atoms with van der Waals surface area (Å²) in [4.78, 5) is 0. The molecule has 48 heavy (non-hydrogen) atoms. The Kier molecular flexibility index (Phi) is 6.91. The van der Waals surface area contributed by atoms with Crippen LogP contribution in [0.1, 0.15) is 0 Å². The summed E-state index contributed by atoms with van der Waals surface area (Å²) < 4.78 is 0. The summed E-state index contributed by atoms with van der Waals surface area (Å²) >= 11 is 0. The van der Waals surface area contributed by atoms with Crippen LogP contribution in [0.2, 0.25) is 0 Å². The van der Waals surface area contributed by atoms with E-state index in [9.17, 15) is 0 Å². The molecule has 0 aliphatic rings. The van der Waals surface area contributed by atoms with Gasteiger partial charge in [-0.2, -0.15) is 0 Å². The van der Waals surface area contributed by atoms with Crippen molar-refractivity contribution in [2.24, 2.45) is 0 Å². The Labute approximate surface area is 281 Å². The van der Waals surface area contributed by atoms with Crippen molar-refractivity contribution in [1.82, 2.24) is 0 Å². The van der Waals surface area contributed by atoms with E-state index < -0.39 is 0 Å². The van der Waals surface area contributed by atoms with Gasteiger partial charge in [0.1, 0.15) is 0 Å². The molecule has 0 spiro atoms. The largest absolute Gasteiger partial charge is 0.0622 e. The highest BCUT2D eigenvalue weighted by atomic mass is 14.2. The van der Waals surface area contributed by atoms with E-state index >= 15 is 0 Å². The van der Waals surface area contributed by atoms with Gasteiger partial charge in [-0.05, 0) is 106 Å². The van der Waals surface area contributed by atoms with Crippen molar-refractivity contribution in [1.29, 1.82) is 0 Å². The average Bonchev–Trinajstić information content (AvgIpc) is 3.17. The molecule has 0 fully saturated rings. The van der Waals surface area contributed by atoms with E-state index in [4.69, 9.17) is 0 Å². The van der Waals surface area contributed by atoms with E-state index in [0.717, 1.165) is 0 Å². The number of hydrogen-bond acceptors (Lipinski definition) is 0. The Morgan fingerprint density at radius 2 is 0.688 bits per heavy atom. The lowest BCUT2D eigenvalue weighted by Gasteiger charge is -2.21. The number of hydrogen-bond donors (Lipinski definition) is 0. The van der Waals surface area contributed by atoms with Gasteiger partial charge < -0.3 is 0 Å². The lowest BCUT2D eigenvalue weighted by atomic mass is 9.82. The Morgan fingerprint density at radius 3 is 1.38 bits per heavy atom. The number of rotatable bonds is 5. The van der Waals surface area contributed by atoms with Crippen LogP contribution in [0.5, 0.6) is 0 Å². The maximum absolute atomic E-state index is 2.42. The second-order valence-corrected chi connectivity index (χ2v) is 12.5. The first kappa shape index (κ1) is 28.0. The molecule has 0 aliphatic carbocycles. The standard InChI is InChI=1S/C48H32/c1-3-14-33(15-4-1)37-20-13-21-40(31-37)41-29-28-39(38-27-26-34-16-7-8-19-36(34)30-38)32-46(41)48-44-24-11-9-22-42(44)47(35-17-5-2-6-18-35)43-23-10-12-25-45(43)48/h1-32H. The van der Waals surface area contributed by atoms with E-state index in [1.54, 1.807) is 0 Å². The van der Waals surface area contributed by atoms with Crippen molar-refractivity contribution in [3.63, 3.8) is 0 Å². The summed E-state index contributed by atoms with van der Waals surface area (Å²) in [7, 11) is 0. The van der Waals surface area contributed by atoms with Gasteiger partial charge in [-0.3, -0.25) is 0 Å². The molecule has 0 aliphatic heterocycles. The van der Waals surface area contributed by atoms with Gasteiger partial charge in [0.05, 0.1) is 0 Å². The zero-order valence-electron chi connectivity index (χ0n) is 26.5. The van der Waals surface area contributed by atoms with Crippen LogP contribution in [-0.4, -0.2) is 0 Å². The molecule has 0 saturated heterocycles. The molecule has 9 aromatic carbocycles. The van der Waals surface area contributed by atoms with Crippen molar-refractivity contribution >= 4 is 32.3 Å². The third-order valence-corrected chi connectivity index (χ3v) is 9.65. The minimum Gasteiger partial charge on any atom is -0.0622 e. The smallest absolute Gasteiger partial charge is 0.00199 e. The Morgan fingerprint density at radius 1 is 0.208 bits per heavy atom. The van der Waals surface area contributed by atoms with E-state index in [2.05, 4.69) is 194 Å². The number of fused-ring (bicyclic) bond motifs is 3. The Bertz CT molecular complexity index is 2540. The second-order valence-electron chi connectivity index (χ2n) is 12.5. The first-order chi connectivity index (χ1) is 23.8. The maximum Gasteiger partial charge on any atom is -0.00199 e. The number of benzene rings is 9. The SMILES string of the molecule is c1ccc(-c2cccc(-c3ccc(-c4ccc5ccccc5c4)cc3-c3c4ccccc4c(-c4ccccc4)c4ccccc34)c2)cc1. The van der Waals surface area contributed by atoms with Gasteiger partial charge in [0, 0.05) is 0 Å². The second kappa shape index (κ2) is 11.8. The lowest BCUT2D eigenvalue weighted by Crippen LogP contribution is -1.94. The molecule has 0 N–H and O–H groups in total. The third kappa shape index (κ3) is 4.87. The highest BCUT2D eigenvalue weighted by Crippen LogP contribution is 2.47. The molecule has 0 radical (unpaired) electrons. The molecule has 0 heteroatoms. The van der Waals surface area contributed by atoms with Gasteiger partial charge in [0.15, 0.2) is 0 Å². The van der Waals surface area contributed by atoms with Crippen LogP contribution in [0.3, 0.4) is 0 Å². The van der Waals surface area contributed by atoms with Gasteiger partial charge in [-0.1, -0.05) is 176 Å². The molecule has 0 heterocycles. The quantitative estimate of drug-likeness (QED) is 0.171. The zero-order chi connectivity index (χ0) is 31.9. The van der Waals surface area contributed by atoms with Crippen LogP contribution in [0, 0.1) is 0 Å². The van der Waals surface area contributed by atoms with Crippen molar-refractivity contribution in [2.75, 3.05) is 0 Å². The molecule has 0 amide bonds. The predicted octanol–water partition coefficient (Wildman–Crippen LogP) is 13.5. The zero-order valence-corrected chi connectivity index (χ0v) is 26.5. The Hall–Kier alpha value is -6.24. The van der Waals surface area contributed by atoms with Gasteiger partial charge in [-0.25, -0.2) is 0 Å². The van der Waals surface area contributed by atoms with E-state index in [1.165, 1.54) is 88.0 Å². The van der Waals surface area contributed by atoms with Gasteiger partial charge in [0.25, 0.3) is 0 Å². The van der Waals surface area contributed by atoms with Crippen LogP contribution >= 0.6 is 0 Å². The highest BCUT2D eigenvalue weighted by Gasteiger charge is 2.20. The minimum atomic E-state index is 1.21. The Balaban J connectivity index is 1.36. The van der Waals surface area contributed by atoms with E-state index in [0.29, 0.717) is 0 Å². The maximum atomic E-state index is 2.42. The minimum absolute atomic E-state index is 1.21. The molecular formula is C48H32.